The normalized spacial score (nSPS) is 15.2. The van der Waals surface area contributed by atoms with Crippen LogP contribution in [0.2, 0.25) is 0 Å². The van der Waals surface area contributed by atoms with E-state index in [1.807, 2.05) is 0 Å². The van der Waals surface area contributed by atoms with Crippen LogP contribution >= 0.6 is 0 Å². The minimum Gasteiger partial charge on any atom is -0.478 e. The molecule has 0 aromatic heterocycles. The maximum absolute atomic E-state index is 10.8. The monoisotopic (exact) mass is 226 g/mol. The van der Waals surface area contributed by atoms with Gasteiger partial charge in [-0.3, -0.25) is 5.01 Å². The third-order valence-electron chi connectivity index (χ3n) is 1.96. The van der Waals surface area contributed by atoms with E-state index in [9.17, 15) is 4.79 Å². The molecule has 1 unspecified atom stereocenters. The topological polar surface area (TPSA) is 91.3 Å². The van der Waals surface area contributed by atoms with Crippen molar-refractivity contribution >= 4 is 18.0 Å². The van der Waals surface area contributed by atoms with Crippen LogP contribution in [0.25, 0.3) is 0 Å². The molecule has 0 bridgehead atoms. The van der Waals surface area contributed by atoms with Gasteiger partial charge >= 0.3 is 5.97 Å². The molecule has 0 heterocycles. The van der Waals surface area contributed by atoms with E-state index in [1.165, 1.54) is 6.08 Å². The molecule has 0 aliphatic rings. The number of nitrogens with zero attached hydrogens (tertiary/aromatic N) is 3. The van der Waals surface area contributed by atoms with Gasteiger partial charge in [-0.15, -0.1) is 0 Å². The number of aliphatic carboxylic acids is 1. The number of amidine groups is 1. The van der Waals surface area contributed by atoms with E-state index in [4.69, 9.17) is 10.8 Å². The third-order valence-corrected chi connectivity index (χ3v) is 1.96. The summed E-state index contributed by atoms with van der Waals surface area (Å²) in [6.45, 7) is 5.16. The summed E-state index contributed by atoms with van der Waals surface area (Å²) in [7, 11) is 1.73. The van der Waals surface area contributed by atoms with Gasteiger partial charge in [0, 0.05) is 13.3 Å². The van der Waals surface area contributed by atoms with Crippen molar-refractivity contribution < 1.29 is 9.90 Å². The molecule has 6 heteroatoms. The van der Waals surface area contributed by atoms with Crippen molar-refractivity contribution in [3.63, 3.8) is 0 Å². The lowest BCUT2D eigenvalue weighted by molar-refractivity contribution is -0.132. The summed E-state index contributed by atoms with van der Waals surface area (Å²) in [4.78, 5) is 14.8. The number of aliphatic imine (C=N–C) groups is 1. The van der Waals surface area contributed by atoms with E-state index < -0.39 is 5.97 Å². The molecule has 0 saturated heterocycles. The van der Waals surface area contributed by atoms with Crippen molar-refractivity contribution in [1.82, 2.24) is 5.01 Å². The first-order valence-corrected chi connectivity index (χ1v) is 4.88. The summed E-state index contributed by atoms with van der Waals surface area (Å²) in [5, 5.41) is 14.4. The maximum Gasteiger partial charge on any atom is 0.339 e. The minimum atomic E-state index is -1.09. The molecule has 0 aliphatic carbocycles. The number of hydrazone groups is 1. The molecule has 3 N–H and O–H groups in total. The Labute approximate surface area is 95.2 Å². The molecule has 0 rings (SSSR count). The summed E-state index contributed by atoms with van der Waals surface area (Å²) in [6.07, 6.45) is 2.72. The van der Waals surface area contributed by atoms with Gasteiger partial charge < -0.3 is 10.8 Å². The predicted octanol–water partition coefficient (Wildman–Crippen LogP) is 0.658. The highest BCUT2D eigenvalue weighted by Gasteiger charge is 2.12. The Balaban J connectivity index is 4.83. The van der Waals surface area contributed by atoms with Crippen LogP contribution in [0, 0.1) is 0 Å². The maximum atomic E-state index is 10.8. The Morgan fingerprint density at radius 3 is 2.44 bits per heavy atom. The highest BCUT2D eigenvalue weighted by Crippen LogP contribution is 2.01. The zero-order chi connectivity index (χ0) is 12.7. The zero-order valence-electron chi connectivity index (χ0n) is 10.0. The van der Waals surface area contributed by atoms with E-state index in [0.29, 0.717) is 0 Å². The number of allylic oxidation sites excluding steroid dienone is 1. The fourth-order valence-electron chi connectivity index (χ4n) is 1.01. The van der Waals surface area contributed by atoms with Gasteiger partial charge in [0.15, 0.2) is 0 Å². The van der Waals surface area contributed by atoms with Crippen LogP contribution in [0.15, 0.2) is 21.7 Å². The number of rotatable bonds is 5. The second-order valence-electron chi connectivity index (χ2n) is 3.10. The summed E-state index contributed by atoms with van der Waals surface area (Å²) in [5.41, 5.74) is 5.59. The van der Waals surface area contributed by atoms with Gasteiger partial charge in [-0.2, -0.15) is 5.10 Å². The number of hydrogen-bond donors (Lipinski definition) is 2. The third kappa shape index (κ3) is 4.12. The molecule has 90 valence electrons. The Bertz CT molecular complexity index is 334. The highest BCUT2D eigenvalue weighted by atomic mass is 16.4. The van der Waals surface area contributed by atoms with Crippen molar-refractivity contribution in [2.75, 3.05) is 7.05 Å². The van der Waals surface area contributed by atoms with E-state index in [-0.39, 0.29) is 17.6 Å². The van der Waals surface area contributed by atoms with Gasteiger partial charge in [0.1, 0.15) is 12.0 Å². The fourth-order valence-corrected chi connectivity index (χ4v) is 1.01. The van der Waals surface area contributed by atoms with Crippen molar-refractivity contribution in [1.29, 1.82) is 0 Å². The van der Waals surface area contributed by atoms with Gasteiger partial charge in [-0.1, -0.05) is 6.08 Å². The molecule has 0 aliphatic heterocycles. The number of carboxylic acids is 1. The molecule has 0 amide bonds. The molecular weight excluding hydrogens is 208 g/mol. The molecule has 0 spiro atoms. The highest BCUT2D eigenvalue weighted by molar-refractivity contribution is 6.17. The standard InChI is InChI=1S/C10H18N4O2/c1-5-8(10(15)16)9(11)13-7(3)14(4)12-6-2/h5-7H,1-4H3,(H2,11,13)(H,15,16)/b8-5+,12-6-. The molecule has 0 fully saturated rings. The molecule has 1 atom stereocenters. The van der Waals surface area contributed by atoms with Crippen LogP contribution < -0.4 is 5.73 Å². The molecule has 0 aromatic carbocycles. The smallest absolute Gasteiger partial charge is 0.339 e. The first-order valence-electron chi connectivity index (χ1n) is 4.88. The van der Waals surface area contributed by atoms with Crippen molar-refractivity contribution in [3.05, 3.63) is 11.6 Å². The predicted molar refractivity (Wildman–Crippen MR) is 64.4 cm³/mol. The average molecular weight is 226 g/mol. The van der Waals surface area contributed by atoms with Crippen molar-refractivity contribution in [3.8, 4) is 0 Å². The molecule has 16 heavy (non-hydrogen) atoms. The number of carboxylic acid groups (broad SMARTS) is 1. The fraction of sp³-hybridized carbons (Fsp3) is 0.500. The summed E-state index contributed by atoms with van der Waals surface area (Å²) in [5.74, 6) is -1.08. The second-order valence-corrected chi connectivity index (χ2v) is 3.10. The lowest BCUT2D eigenvalue weighted by atomic mass is 10.2. The van der Waals surface area contributed by atoms with Gasteiger partial charge in [-0.25, -0.2) is 9.79 Å². The van der Waals surface area contributed by atoms with Crippen LogP contribution in [-0.4, -0.2) is 41.3 Å². The van der Waals surface area contributed by atoms with E-state index in [0.717, 1.165) is 0 Å². The number of hydrogen-bond acceptors (Lipinski definition) is 4. The van der Waals surface area contributed by atoms with Gasteiger partial charge in [0.25, 0.3) is 0 Å². The second kappa shape index (κ2) is 6.60. The zero-order valence-corrected chi connectivity index (χ0v) is 10.0. The van der Waals surface area contributed by atoms with Crippen LogP contribution in [-0.2, 0) is 4.79 Å². The molecule has 0 aromatic rings. The van der Waals surface area contributed by atoms with E-state index in [2.05, 4.69) is 10.1 Å². The quantitative estimate of drug-likeness (QED) is 0.312. The molecular formula is C10H18N4O2. The van der Waals surface area contributed by atoms with E-state index in [1.54, 1.807) is 39.0 Å². The average Bonchev–Trinajstić information content (AvgIpc) is 2.18. The molecule has 0 radical (unpaired) electrons. The van der Waals surface area contributed by atoms with Crippen LogP contribution in [0.3, 0.4) is 0 Å². The van der Waals surface area contributed by atoms with E-state index >= 15 is 0 Å². The van der Waals surface area contributed by atoms with Gasteiger partial charge in [0.05, 0.1) is 5.57 Å². The Hall–Kier alpha value is -1.85. The van der Waals surface area contributed by atoms with Crippen molar-refractivity contribution in [2.24, 2.45) is 15.8 Å². The molecule has 6 nitrogen and oxygen atoms in total. The van der Waals surface area contributed by atoms with Crippen LogP contribution in [0.5, 0.6) is 0 Å². The van der Waals surface area contributed by atoms with Crippen LogP contribution in [0.4, 0.5) is 0 Å². The first kappa shape index (κ1) is 14.2. The summed E-state index contributed by atoms with van der Waals surface area (Å²) >= 11 is 0. The SMILES string of the molecule is C/C=N\N(C)C(C)/N=C(N)\C(=C/C)C(=O)O. The largest absolute Gasteiger partial charge is 0.478 e. The number of nitrogens with two attached hydrogens (primary N) is 1. The van der Waals surface area contributed by atoms with Crippen LogP contribution in [0.1, 0.15) is 20.8 Å². The van der Waals surface area contributed by atoms with Gasteiger partial charge in [0.2, 0.25) is 0 Å². The minimum absolute atomic E-state index is 0.000605. The summed E-state index contributed by atoms with van der Waals surface area (Å²) < 4.78 is 0. The van der Waals surface area contributed by atoms with Gasteiger partial charge in [-0.05, 0) is 20.8 Å². The Morgan fingerprint density at radius 2 is 2.06 bits per heavy atom. The summed E-state index contributed by atoms with van der Waals surface area (Å²) in [6, 6.07) is 0. The Kier molecular flexibility index (Phi) is 5.84. The first-order chi connectivity index (χ1) is 7.43. The lowest BCUT2D eigenvalue weighted by Gasteiger charge is -2.18. The number of carbonyl (C=O) groups is 1. The lowest BCUT2D eigenvalue weighted by Crippen LogP contribution is -2.28. The molecule has 0 saturated carbocycles. The Morgan fingerprint density at radius 1 is 1.50 bits per heavy atom. The van der Waals surface area contributed by atoms with Crippen molar-refractivity contribution in [2.45, 2.75) is 26.9 Å².